The van der Waals surface area contributed by atoms with E-state index in [1.807, 2.05) is 0 Å². The second-order valence-electron chi connectivity index (χ2n) is 7.30. The average Bonchev–Trinajstić information content (AvgIpc) is 2.72. The number of morpholine rings is 1. The largest absolute Gasteiger partial charge is 0.434 e. The molecule has 2 fully saturated rings. The number of halogens is 3. The van der Waals surface area contributed by atoms with Crippen LogP contribution in [0.3, 0.4) is 0 Å². The smallest absolute Gasteiger partial charge is 0.427 e. The molecule has 2 atom stereocenters. The monoisotopic (exact) mass is 452 g/mol. The molecular weight excluding hydrogens is 429 g/mol. The number of likely N-dealkylation sites (tertiary alicyclic amines) is 1. The van der Waals surface area contributed by atoms with Crippen molar-refractivity contribution < 1.29 is 41.0 Å². The first-order chi connectivity index (χ1) is 14.1. The van der Waals surface area contributed by atoms with Crippen molar-refractivity contribution in [3.05, 3.63) is 30.3 Å². The number of aliphatic hydroxyl groups excluding tert-OH is 1. The molecule has 0 bridgehead atoms. The first-order valence-electron chi connectivity index (χ1n) is 9.38. The van der Waals surface area contributed by atoms with Crippen LogP contribution in [0.5, 0.6) is 0 Å². The normalized spacial score (nSPS) is 23.2. The molecule has 3 rings (SSSR count). The van der Waals surface area contributed by atoms with Crippen molar-refractivity contribution in [2.75, 3.05) is 32.8 Å². The molecule has 2 heterocycles. The number of aliphatic hydroxyl groups is 1. The van der Waals surface area contributed by atoms with Crippen LogP contribution in [0.15, 0.2) is 35.2 Å². The van der Waals surface area contributed by atoms with Gasteiger partial charge in [0.2, 0.25) is 15.9 Å². The Balaban J connectivity index is 1.63. The van der Waals surface area contributed by atoms with E-state index in [0.29, 0.717) is 6.54 Å². The molecule has 168 valence electrons. The number of sulfone groups is 1. The number of amides is 1. The lowest BCUT2D eigenvalue weighted by Gasteiger charge is -2.46. The van der Waals surface area contributed by atoms with Gasteiger partial charge in [-0.15, -0.1) is 0 Å². The summed E-state index contributed by atoms with van der Waals surface area (Å²) in [5.74, 6) is 0. The molecule has 2 saturated heterocycles. The maximum atomic E-state index is 12.9. The van der Waals surface area contributed by atoms with E-state index in [1.165, 1.54) is 12.1 Å². The van der Waals surface area contributed by atoms with Crippen LogP contribution >= 0.6 is 0 Å². The third kappa shape index (κ3) is 4.88. The van der Waals surface area contributed by atoms with Crippen molar-refractivity contribution in [2.24, 2.45) is 0 Å². The highest BCUT2D eigenvalue weighted by molar-refractivity contribution is 7.92. The Morgan fingerprint density at radius 2 is 1.93 bits per heavy atom. The molecule has 1 amide bonds. The van der Waals surface area contributed by atoms with Gasteiger partial charge in [-0.2, -0.15) is 13.2 Å². The number of nitrogens with zero attached hydrogens (tertiary/aromatic N) is 1. The van der Waals surface area contributed by atoms with E-state index in [-0.39, 0.29) is 37.4 Å². The number of ether oxygens (including phenoxy) is 2. The van der Waals surface area contributed by atoms with Gasteiger partial charge in [-0.25, -0.2) is 13.2 Å². The summed E-state index contributed by atoms with van der Waals surface area (Å²) in [4.78, 5) is 13.3. The van der Waals surface area contributed by atoms with Gasteiger partial charge < -0.3 is 24.8 Å². The molecule has 1 unspecified atom stereocenters. The van der Waals surface area contributed by atoms with Crippen LogP contribution in [0.4, 0.5) is 18.0 Å². The quantitative estimate of drug-likeness (QED) is 0.710. The summed E-state index contributed by atoms with van der Waals surface area (Å²) in [5, 5.41) is 11.9. The van der Waals surface area contributed by atoms with Crippen molar-refractivity contribution in [3.8, 4) is 0 Å². The lowest BCUT2D eigenvalue weighted by atomic mass is 9.90. The highest BCUT2D eigenvalue weighted by Gasteiger charge is 2.47. The summed E-state index contributed by atoms with van der Waals surface area (Å²) in [7, 11) is -3.75. The number of rotatable bonds is 4. The van der Waals surface area contributed by atoms with Gasteiger partial charge in [-0.05, 0) is 25.0 Å². The van der Waals surface area contributed by atoms with Crippen LogP contribution in [0, 0.1) is 0 Å². The molecule has 1 spiro atoms. The fourth-order valence-corrected chi connectivity index (χ4v) is 5.02. The summed E-state index contributed by atoms with van der Waals surface area (Å²) in [6, 6.07) is 7.90. The lowest BCUT2D eigenvalue weighted by Crippen LogP contribution is -2.60. The molecule has 0 radical (unpaired) electrons. The van der Waals surface area contributed by atoms with Crippen LogP contribution < -0.4 is 5.32 Å². The minimum Gasteiger partial charge on any atom is -0.434 e. The van der Waals surface area contributed by atoms with Crippen LogP contribution in [-0.2, 0) is 19.3 Å². The second-order valence-corrected chi connectivity index (χ2v) is 9.39. The first-order valence-corrected chi connectivity index (χ1v) is 10.9. The number of hydrogen-bond donors (Lipinski definition) is 2. The number of piperidine rings is 1. The molecule has 0 aromatic heterocycles. The summed E-state index contributed by atoms with van der Waals surface area (Å²) in [5.41, 5.74) is -1.97. The zero-order chi connectivity index (χ0) is 22.0. The van der Waals surface area contributed by atoms with E-state index in [4.69, 9.17) is 9.84 Å². The predicted octanol–water partition coefficient (Wildman–Crippen LogP) is 1.30. The fourth-order valence-electron chi connectivity index (χ4n) is 3.51. The van der Waals surface area contributed by atoms with Crippen LogP contribution in [0.2, 0.25) is 0 Å². The SMILES string of the molecule is O=C(O[C@H](CO)C(F)(F)F)N1CCC2(CC1)CNCC(S(=O)(=O)c1ccccc1)O2. The minimum absolute atomic E-state index is 0.0363. The third-order valence-electron chi connectivity index (χ3n) is 5.26. The van der Waals surface area contributed by atoms with Gasteiger partial charge in [0.25, 0.3) is 0 Å². The molecule has 30 heavy (non-hydrogen) atoms. The van der Waals surface area contributed by atoms with Gasteiger partial charge in [0, 0.05) is 26.2 Å². The molecule has 1 aromatic rings. The second kappa shape index (κ2) is 8.69. The molecule has 0 saturated carbocycles. The summed E-state index contributed by atoms with van der Waals surface area (Å²) < 4.78 is 74.1. The lowest BCUT2D eigenvalue weighted by molar-refractivity contribution is -0.215. The Morgan fingerprint density at radius 3 is 2.50 bits per heavy atom. The van der Waals surface area contributed by atoms with Gasteiger partial charge >= 0.3 is 12.3 Å². The van der Waals surface area contributed by atoms with Crippen molar-refractivity contribution in [1.29, 1.82) is 0 Å². The molecule has 2 aliphatic heterocycles. The molecular formula is C18H23F3N2O6S. The Bertz CT molecular complexity index is 841. The van der Waals surface area contributed by atoms with Gasteiger partial charge in [0.05, 0.1) is 17.1 Å². The summed E-state index contributed by atoms with van der Waals surface area (Å²) >= 11 is 0. The fraction of sp³-hybridized carbons (Fsp3) is 0.611. The van der Waals surface area contributed by atoms with Crippen LogP contribution in [0.25, 0.3) is 0 Å². The topological polar surface area (TPSA) is 105 Å². The summed E-state index contributed by atoms with van der Waals surface area (Å²) in [6.45, 7) is -0.824. The van der Waals surface area contributed by atoms with Crippen molar-refractivity contribution in [1.82, 2.24) is 10.2 Å². The Labute approximate surface area is 171 Å². The molecule has 2 N–H and O–H groups in total. The Kier molecular flexibility index (Phi) is 6.60. The predicted molar refractivity (Wildman–Crippen MR) is 98.3 cm³/mol. The van der Waals surface area contributed by atoms with Crippen molar-refractivity contribution >= 4 is 15.9 Å². The minimum atomic E-state index is -4.86. The van der Waals surface area contributed by atoms with E-state index in [1.54, 1.807) is 18.2 Å². The number of alkyl halides is 3. The summed E-state index contributed by atoms with van der Waals surface area (Å²) in [6.07, 6.45) is -8.18. The number of carbonyl (C=O) groups is 1. The number of nitrogens with one attached hydrogen (secondary N) is 1. The van der Waals surface area contributed by atoms with Crippen molar-refractivity contribution in [3.63, 3.8) is 0 Å². The van der Waals surface area contributed by atoms with E-state index in [0.717, 1.165) is 4.90 Å². The van der Waals surface area contributed by atoms with Gasteiger partial charge in [-0.3, -0.25) is 0 Å². The first kappa shape index (κ1) is 22.8. The van der Waals surface area contributed by atoms with Crippen LogP contribution in [-0.4, -0.2) is 80.6 Å². The standard InChI is InChI=1S/C18H23F3N2O6S/c19-18(20,21)14(11-24)28-16(25)23-8-6-17(7-9-23)12-22-10-15(29-17)30(26,27)13-4-2-1-3-5-13/h1-5,14-15,22,24H,6-12H2/t14-,15?/m1/s1. The highest BCUT2D eigenvalue weighted by atomic mass is 32.2. The van der Waals surface area contributed by atoms with E-state index in [9.17, 15) is 26.4 Å². The molecule has 1 aromatic carbocycles. The van der Waals surface area contributed by atoms with Gasteiger partial charge in [-0.1, -0.05) is 18.2 Å². The maximum absolute atomic E-state index is 12.9. The zero-order valence-electron chi connectivity index (χ0n) is 16.0. The molecule has 2 aliphatic rings. The molecule has 8 nitrogen and oxygen atoms in total. The Morgan fingerprint density at radius 1 is 1.30 bits per heavy atom. The maximum Gasteiger partial charge on any atom is 0.427 e. The van der Waals surface area contributed by atoms with Gasteiger partial charge in [0.15, 0.2) is 5.44 Å². The Hall–Kier alpha value is -1.89. The van der Waals surface area contributed by atoms with Gasteiger partial charge in [0.1, 0.15) is 0 Å². The van der Waals surface area contributed by atoms with E-state index >= 15 is 0 Å². The molecule has 0 aliphatic carbocycles. The molecule has 12 heteroatoms. The third-order valence-corrected chi connectivity index (χ3v) is 7.15. The van der Waals surface area contributed by atoms with Crippen molar-refractivity contribution in [2.45, 2.75) is 41.1 Å². The zero-order valence-corrected chi connectivity index (χ0v) is 16.8. The highest BCUT2D eigenvalue weighted by Crippen LogP contribution is 2.33. The number of benzene rings is 1. The van der Waals surface area contributed by atoms with E-state index < -0.39 is 45.9 Å². The van der Waals surface area contributed by atoms with Crippen LogP contribution in [0.1, 0.15) is 12.8 Å². The number of carbonyl (C=O) groups excluding carboxylic acids is 1. The average molecular weight is 452 g/mol. The number of hydrogen-bond acceptors (Lipinski definition) is 7. The van der Waals surface area contributed by atoms with E-state index in [2.05, 4.69) is 10.1 Å².